The first-order chi connectivity index (χ1) is 13.4. The van der Waals surface area contributed by atoms with Crippen LogP contribution in [-0.4, -0.2) is 27.0 Å². The van der Waals surface area contributed by atoms with Crippen LogP contribution in [0.25, 0.3) is 10.9 Å². The molecular formula is C20H20N4O2S2. The lowest BCUT2D eigenvalue weighted by Gasteiger charge is -2.13. The molecule has 4 rings (SSSR count). The molecule has 2 aromatic heterocycles. The molecule has 144 valence electrons. The van der Waals surface area contributed by atoms with Gasteiger partial charge in [0.1, 0.15) is 15.9 Å². The fourth-order valence-corrected chi connectivity index (χ4v) is 5.72. The highest BCUT2D eigenvalue weighted by molar-refractivity contribution is 8.00. The Labute approximate surface area is 170 Å². The van der Waals surface area contributed by atoms with Crippen molar-refractivity contribution in [3.63, 3.8) is 0 Å². The number of aromatic nitrogens is 2. The maximum Gasteiger partial charge on any atom is 0.251 e. The van der Waals surface area contributed by atoms with Gasteiger partial charge < -0.3 is 11.1 Å². The number of hydrogen-bond donors (Lipinski definition) is 2. The van der Waals surface area contributed by atoms with E-state index >= 15 is 0 Å². The van der Waals surface area contributed by atoms with Gasteiger partial charge in [0.25, 0.3) is 5.91 Å². The van der Waals surface area contributed by atoms with Gasteiger partial charge in [-0.15, -0.1) is 11.3 Å². The molecule has 0 spiro atoms. The molecule has 0 bridgehead atoms. The quantitative estimate of drug-likeness (QED) is 0.492. The van der Waals surface area contributed by atoms with E-state index in [0.29, 0.717) is 16.4 Å². The van der Waals surface area contributed by atoms with Crippen LogP contribution in [0, 0.1) is 6.92 Å². The molecule has 28 heavy (non-hydrogen) atoms. The first kappa shape index (κ1) is 18.9. The number of thiophene rings is 1. The van der Waals surface area contributed by atoms with E-state index in [0.717, 1.165) is 45.6 Å². The third-order valence-electron chi connectivity index (χ3n) is 4.74. The number of carbonyl (C=O) groups is 2. The molecule has 0 unspecified atom stereocenters. The van der Waals surface area contributed by atoms with Crippen molar-refractivity contribution in [2.45, 2.75) is 43.4 Å². The van der Waals surface area contributed by atoms with Crippen molar-refractivity contribution in [2.75, 3.05) is 5.32 Å². The number of primary amides is 1. The first-order valence-corrected chi connectivity index (χ1v) is 10.8. The molecule has 0 fully saturated rings. The van der Waals surface area contributed by atoms with Crippen molar-refractivity contribution in [3.8, 4) is 0 Å². The number of nitrogens with zero attached hydrogens (tertiary/aromatic N) is 2. The van der Waals surface area contributed by atoms with Gasteiger partial charge in [0.15, 0.2) is 0 Å². The third kappa shape index (κ3) is 3.49. The monoisotopic (exact) mass is 412 g/mol. The Morgan fingerprint density at radius 3 is 2.82 bits per heavy atom. The lowest BCUT2D eigenvalue weighted by molar-refractivity contribution is -0.115. The SMILES string of the molecule is Cc1nc(S[C@H](C)C(=O)Nc2sc3c(c2C(N)=O)CCC3)c2ccccc2n1. The average Bonchev–Trinajstić information content (AvgIpc) is 3.21. The van der Waals surface area contributed by atoms with Crippen LogP contribution >= 0.6 is 23.1 Å². The Morgan fingerprint density at radius 1 is 1.25 bits per heavy atom. The van der Waals surface area contributed by atoms with Crippen LogP contribution in [0.15, 0.2) is 29.3 Å². The molecule has 1 aliphatic carbocycles. The molecule has 3 N–H and O–H groups in total. The number of rotatable bonds is 5. The summed E-state index contributed by atoms with van der Waals surface area (Å²) in [5.41, 5.74) is 7.92. The van der Waals surface area contributed by atoms with Crippen molar-refractivity contribution in [1.29, 1.82) is 0 Å². The van der Waals surface area contributed by atoms with Crippen LogP contribution in [0.1, 0.15) is 40.0 Å². The molecule has 8 heteroatoms. The number of nitrogens with one attached hydrogen (secondary N) is 1. The zero-order valence-corrected chi connectivity index (χ0v) is 17.2. The van der Waals surface area contributed by atoms with Crippen LogP contribution in [0.2, 0.25) is 0 Å². The maximum atomic E-state index is 12.8. The zero-order valence-electron chi connectivity index (χ0n) is 15.6. The van der Waals surface area contributed by atoms with Gasteiger partial charge >= 0.3 is 0 Å². The number of fused-ring (bicyclic) bond motifs is 2. The van der Waals surface area contributed by atoms with Crippen molar-refractivity contribution in [3.05, 3.63) is 46.1 Å². The molecular weight excluding hydrogens is 392 g/mol. The normalized spacial score (nSPS) is 14.1. The summed E-state index contributed by atoms with van der Waals surface area (Å²) in [6, 6.07) is 7.75. The van der Waals surface area contributed by atoms with E-state index in [-0.39, 0.29) is 5.91 Å². The average molecular weight is 413 g/mol. The fraction of sp³-hybridized carbons (Fsp3) is 0.300. The van der Waals surface area contributed by atoms with Gasteiger partial charge in [-0.05, 0) is 44.7 Å². The van der Waals surface area contributed by atoms with E-state index in [1.807, 2.05) is 38.1 Å². The van der Waals surface area contributed by atoms with E-state index in [2.05, 4.69) is 15.3 Å². The van der Waals surface area contributed by atoms with Gasteiger partial charge in [-0.2, -0.15) is 0 Å². The lowest BCUT2D eigenvalue weighted by Crippen LogP contribution is -2.24. The van der Waals surface area contributed by atoms with Crippen LogP contribution in [0.3, 0.4) is 0 Å². The van der Waals surface area contributed by atoms with Crippen molar-refractivity contribution < 1.29 is 9.59 Å². The molecule has 2 heterocycles. The number of hydrogen-bond acceptors (Lipinski definition) is 6. The zero-order chi connectivity index (χ0) is 19.8. The minimum atomic E-state index is -0.479. The largest absolute Gasteiger partial charge is 0.365 e. The number of carbonyl (C=O) groups excluding carboxylic acids is 2. The van der Waals surface area contributed by atoms with Gasteiger partial charge in [0.2, 0.25) is 5.91 Å². The van der Waals surface area contributed by atoms with Gasteiger partial charge in [0, 0.05) is 10.3 Å². The fourth-order valence-electron chi connectivity index (χ4n) is 3.44. The molecule has 0 aliphatic heterocycles. The number of aryl methyl sites for hydroxylation is 2. The molecule has 0 radical (unpaired) electrons. The third-order valence-corrected chi connectivity index (χ3v) is 7.05. The first-order valence-electron chi connectivity index (χ1n) is 9.09. The highest BCUT2D eigenvalue weighted by Gasteiger charge is 2.27. The molecule has 2 amide bonds. The lowest BCUT2D eigenvalue weighted by atomic mass is 10.1. The predicted molar refractivity (Wildman–Crippen MR) is 113 cm³/mol. The van der Waals surface area contributed by atoms with Gasteiger partial charge in [0.05, 0.1) is 16.3 Å². The molecule has 0 saturated carbocycles. The highest BCUT2D eigenvalue weighted by atomic mass is 32.2. The van der Waals surface area contributed by atoms with E-state index in [1.54, 1.807) is 0 Å². The summed E-state index contributed by atoms with van der Waals surface area (Å²) in [4.78, 5) is 34.9. The second-order valence-corrected chi connectivity index (χ2v) is 9.20. The Bertz CT molecular complexity index is 1090. The predicted octanol–water partition coefficient (Wildman–Crippen LogP) is 3.71. The Morgan fingerprint density at radius 2 is 2.04 bits per heavy atom. The van der Waals surface area contributed by atoms with Gasteiger partial charge in [-0.25, -0.2) is 9.97 Å². The topological polar surface area (TPSA) is 98.0 Å². The van der Waals surface area contributed by atoms with Gasteiger partial charge in [-0.1, -0.05) is 30.0 Å². The molecule has 3 aromatic rings. The molecule has 0 saturated heterocycles. The van der Waals surface area contributed by atoms with Crippen LogP contribution in [-0.2, 0) is 17.6 Å². The number of nitrogens with two attached hydrogens (primary N) is 1. The van der Waals surface area contributed by atoms with Gasteiger partial charge in [-0.3, -0.25) is 9.59 Å². The Balaban J connectivity index is 1.57. The number of para-hydroxylation sites is 1. The maximum absolute atomic E-state index is 12.8. The minimum absolute atomic E-state index is 0.173. The van der Waals surface area contributed by atoms with Crippen LogP contribution < -0.4 is 11.1 Å². The highest BCUT2D eigenvalue weighted by Crippen LogP contribution is 2.39. The van der Waals surface area contributed by atoms with Crippen molar-refractivity contribution in [1.82, 2.24) is 9.97 Å². The second kappa shape index (κ2) is 7.52. The second-order valence-electron chi connectivity index (χ2n) is 6.77. The number of benzene rings is 1. The molecule has 1 aliphatic rings. The number of amides is 2. The van der Waals surface area contributed by atoms with Crippen LogP contribution in [0.5, 0.6) is 0 Å². The summed E-state index contributed by atoms with van der Waals surface area (Å²) in [6.45, 7) is 3.67. The number of anilines is 1. The Hall–Kier alpha value is -2.45. The summed E-state index contributed by atoms with van der Waals surface area (Å²) in [5, 5.41) is 4.79. The van der Waals surface area contributed by atoms with Crippen molar-refractivity contribution in [2.24, 2.45) is 5.73 Å². The van der Waals surface area contributed by atoms with E-state index < -0.39 is 11.2 Å². The Kier molecular flexibility index (Phi) is 5.07. The minimum Gasteiger partial charge on any atom is -0.365 e. The van der Waals surface area contributed by atoms with Crippen molar-refractivity contribution >= 4 is 50.8 Å². The van der Waals surface area contributed by atoms with E-state index in [9.17, 15) is 9.59 Å². The summed E-state index contributed by atoms with van der Waals surface area (Å²) < 4.78 is 0. The van der Waals surface area contributed by atoms with E-state index in [4.69, 9.17) is 5.73 Å². The summed E-state index contributed by atoms with van der Waals surface area (Å²) in [6.07, 6.45) is 2.81. The number of thioether (sulfide) groups is 1. The molecule has 1 aromatic carbocycles. The smallest absolute Gasteiger partial charge is 0.251 e. The molecule has 1 atom stereocenters. The molecule has 6 nitrogen and oxygen atoms in total. The summed E-state index contributed by atoms with van der Waals surface area (Å²) in [5.74, 6) is 0.0136. The standard InChI is InChI=1S/C20H20N4O2S2/c1-10(27-19-12-6-3-4-8-14(12)22-11(2)23-19)18(26)24-20-16(17(21)25)13-7-5-9-15(13)28-20/h3-4,6,8,10H,5,7,9H2,1-2H3,(H2,21,25)(H,24,26)/t10-/m1/s1. The van der Waals surface area contributed by atoms with Crippen LogP contribution in [0.4, 0.5) is 5.00 Å². The summed E-state index contributed by atoms with van der Waals surface area (Å²) in [7, 11) is 0. The summed E-state index contributed by atoms with van der Waals surface area (Å²) >= 11 is 2.85. The van der Waals surface area contributed by atoms with E-state index in [1.165, 1.54) is 23.1 Å².